The largest absolute Gasteiger partial charge is 0.479 e. The number of hydrogen-bond acceptors (Lipinski definition) is 5. The second-order valence-electron chi connectivity index (χ2n) is 5.25. The molecule has 5 heteroatoms. The fourth-order valence-corrected chi connectivity index (χ4v) is 2.53. The monoisotopic (exact) mass is 250 g/mol. The van der Waals surface area contributed by atoms with Crippen LogP contribution in [0.2, 0.25) is 0 Å². The maximum absolute atomic E-state index is 5.96. The van der Waals surface area contributed by atoms with Gasteiger partial charge in [0.1, 0.15) is 12.0 Å². The van der Waals surface area contributed by atoms with Crippen molar-refractivity contribution in [2.24, 2.45) is 11.8 Å². The van der Waals surface area contributed by atoms with E-state index in [4.69, 9.17) is 10.5 Å². The molecule has 3 unspecified atom stereocenters. The average molecular weight is 250 g/mol. The van der Waals surface area contributed by atoms with Crippen LogP contribution in [0, 0.1) is 11.8 Å². The number of aromatic nitrogens is 2. The van der Waals surface area contributed by atoms with Gasteiger partial charge in [0.2, 0.25) is 5.88 Å². The third-order valence-corrected chi connectivity index (χ3v) is 3.98. The molecule has 1 aliphatic rings. The van der Waals surface area contributed by atoms with Gasteiger partial charge in [-0.1, -0.05) is 13.8 Å². The fourth-order valence-electron chi connectivity index (χ4n) is 2.53. The molecule has 0 spiro atoms. The summed E-state index contributed by atoms with van der Waals surface area (Å²) in [6, 6.07) is 0.443. The molecule has 0 aromatic carbocycles. The van der Waals surface area contributed by atoms with E-state index in [1.165, 1.54) is 12.7 Å². The Bertz CT molecular complexity index is 410. The Morgan fingerprint density at radius 2 is 2.06 bits per heavy atom. The van der Waals surface area contributed by atoms with Crippen molar-refractivity contribution in [3.05, 3.63) is 6.33 Å². The van der Waals surface area contributed by atoms with Crippen LogP contribution in [-0.2, 0) is 0 Å². The fraction of sp³-hybridized carbons (Fsp3) is 0.692. The average Bonchev–Trinajstić information content (AvgIpc) is 2.36. The Balaban J connectivity index is 2.06. The summed E-state index contributed by atoms with van der Waals surface area (Å²) in [4.78, 5) is 8.18. The summed E-state index contributed by atoms with van der Waals surface area (Å²) in [5, 5.41) is 3.42. The van der Waals surface area contributed by atoms with Gasteiger partial charge >= 0.3 is 0 Å². The molecule has 3 atom stereocenters. The molecule has 1 saturated carbocycles. The standard InChI is InChI=1S/C13H22N4O/c1-8-4-5-10(6-9(8)2)17-12-11(14)13(18-3)16-7-15-12/h7-10H,4-6,14H2,1-3H3,(H,15,16,17). The van der Waals surface area contributed by atoms with Gasteiger partial charge in [-0.15, -0.1) is 0 Å². The molecule has 0 aliphatic heterocycles. The topological polar surface area (TPSA) is 73.1 Å². The number of nitrogen functional groups attached to an aromatic ring is 1. The quantitative estimate of drug-likeness (QED) is 0.861. The minimum atomic E-state index is 0.435. The number of nitrogens with zero attached hydrogens (tertiary/aromatic N) is 2. The molecule has 5 nitrogen and oxygen atoms in total. The van der Waals surface area contributed by atoms with Crippen molar-refractivity contribution >= 4 is 11.5 Å². The van der Waals surface area contributed by atoms with Gasteiger partial charge in [0.25, 0.3) is 0 Å². The lowest BCUT2D eigenvalue weighted by molar-refractivity contribution is 0.260. The summed E-state index contributed by atoms with van der Waals surface area (Å²) in [6.45, 7) is 4.63. The van der Waals surface area contributed by atoms with Crippen LogP contribution in [-0.4, -0.2) is 23.1 Å². The molecule has 0 radical (unpaired) electrons. The molecule has 18 heavy (non-hydrogen) atoms. The normalized spacial score (nSPS) is 27.8. The van der Waals surface area contributed by atoms with Gasteiger partial charge in [-0.3, -0.25) is 0 Å². The first-order chi connectivity index (χ1) is 8.61. The van der Waals surface area contributed by atoms with Gasteiger partial charge < -0.3 is 15.8 Å². The van der Waals surface area contributed by atoms with E-state index in [1.54, 1.807) is 7.11 Å². The Hall–Kier alpha value is -1.52. The van der Waals surface area contributed by atoms with E-state index >= 15 is 0 Å². The zero-order valence-corrected chi connectivity index (χ0v) is 11.3. The van der Waals surface area contributed by atoms with Crippen LogP contribution in [0.1, 0.15) is 33.1 Å². The maximum atomic E-state index is 5.96. The van der Waals surface area contributed by atoms with E-state index in [9.17, 15) is 0 Å². The van der Waals surface area contributed by atoms with E-state index < -0.39 is 0 Å². The molecule has 0 bridgehead atoms. The molecule has 1 aliphatic carbocycles. The first-order valence-corrected chi connectivity index (χ1v) is 6.52. The van der Waals surface area contributed by atoms with E-state index in [1.807, 2.05) is 0 Å². The molecular weight excluding hydrogens is 228 g/mol. The maximum Gasteiger partial charge on any atom is 0.242 e. The van der Waals surface area contributed by atoms with E-state index in [-0.39, 0.29) is 0 Å². The molecule has 0 saturated heterocycles. The molecular formula is C13H22N4O. The Labute approximate surface area is 108 Å². The Morgan fingerprint density at radius 1 is 1.28 bits per heavy atom. The van der Waals surface area contributed by atoms with E-state index in [0.717, 1.165) is 24.7 Å². The van der Waals surface area contributed by atoms with Crippen LogP contribution in [0.4, 0.5) is 11.5 Å². The van der Waals surface area contributed by atoms with Gasteiger partial charge in [0, 0.05) is 6.04 Å². The minimum absolute atomic E-state index is 0.435. The summed E-state index contributed by atoms with van der Waals surface area (Å²) < 4.78 is 5.10. The first-order valence-electron chi connectivity index (χ1n) is 6.52. The number of ether oxygens (including phenoxy) is 1. The third-order valence-electron chi connectivity index (χ3n) is 3.98. The molecule has 3 N–H and O–H groups in total. The third kappa shape index (κ3) is 2.66. The second-order valence-corrected chi connectivity index (χ2v) is 5.25. The first kappa shape index (κ1) is 12.9. The number of nitrogens with two attached hydrogens (primary N) is 1. The molecule has 1 aromatic heterocycles. The van der Waals surface area contributed by atoms with Gasteiger partial charge in [-0.25, -0.2) is 4.98 Å². The predicted molar refractivity (Wildman–Crippen MR) is 72.6 cm³/mol. The number of rotatable bonds is 3. The lowest BCUT2D eigenvalue weighted by atomic mass is 9.79. The van der Waals surface area contributed by atoms with Crippen molar-refractivity contribution in [1.29, 1.82) is 0 Å². The Kier molecular flexibility index (Phi) is 3.89. The zero-order chi connectivity index (χ0) is 13.1. The van der Waals surface area contributed by atoms with E-state index in [2.05, 4.69) is 29.1 Å². The number of hydrogen-bond donors (Lipinski definition) is 2. The summed E-state index contributed by atoms with van der Waals surface area (Å²) in [6.07, 6.45) is 5.05. The van der Waals surface area contributed by atoms with Crippen molar-refractivity contribution in [2.45, 2.75) is 39.2 Å². The van der Waals surface area contributed by atoms with Crippen LogP contribution >= 0.6 is 0 Å². The van der Waals surface area contributed by atoms with Gasteiger partial charge in [-0.2, -0.15) is 4.98 Å². The van der Waals surface area contributed by atoms with Crippen molar-refractivity contribution in [1.82, 2.24) is 9.97 Å². The van der Waals surface area contributed by atoms with Crippen molar-refractivity contribution in [2.75, 3.05) is 18.2 Å². The predicted octanol–water partition coefficient (Wildman–Crippen LogP) is 2.30. The lowest BCUT2D eigenvalue weighted by Crippen LogP contribution is -2.31. The van der Waals surface area contributed by atoms with Crippen molar-refractivity contribution in [3.8, 4) is 5.88 Å². The molecule has 0 amide bonds. The van der Waals surface area contributed by atoms with Crippen molar-refractivity contribution in [3.63, 3.8) is 0 Å². The van der Waals surface area contributed by atoms with Crippen LogP contribution in [0.5, 0.6) is 5.88 Å². The van der Waals surface area contributed by atoms with Gasteiger partial charge in [0.15, 0.2) is 5.82 Å². The lowest BCUT2D eigenvalue weighted by Gasteiger charge is -2.33. The highest BCUT2D eigenvalue weighted by molar-refractivity contribution is 5.66. The van der Waals surface area contributed by atoms with Crippen LogP contribution < -0.4 is 15.8 Å². The van der Waals surface area contributed by atoms with Gasteiger partial charge in [0.05, 0.1) is 7.11 Å². The van der Waals surface area contributed by atoms with Crippen LogP contribution in [0.3, 0.4) is 0 Å². The highest BCUT2D eigenvalue weighted by atomic mass is 16.5. The number of nitrogens with one attached hydrogen (secondary N) is 1. The van der Waals surface area contributed by atoms with Crippen LogP contribution in [0.15, 0.2) is 6.33 Å². The number of methoxy groups -OCH3 is 1. The van der Waals surface area contributed by atoms with Gasteiger partial charge in [-0.05, 0) is 31.1 Å². The highest BCUT2D eigenvalue weighted by Gasteiger charge is 2.25. The Morgan fingerprint density at radius 3 is 2.72 bits per heavy atom. The van der Waals surface area contributed by atoms with E-state index in [0.29, 0.717) is 23.4 Å². The summed E-state index contributed by atoms with van der Waals surface area (Å²) in [5.74, 6) is 2.67. The summed E-state index contributed by atoms with van der Waals surface area (Å²) >= 11 is 0. The van der Waals surface area contributed by atoms with Crippen LogP contribution in [0.25, 0.3) is 0 Å². The molecule has 1 heterocycles. The van der Waals surface area contributed by atoms with Crippen molar-refractivity contribution < 1.29 is 4.74 Å². The molecule has 2 rings (SSSR count). The molecule has 100 valence electrons. The molecule has 1 fully saturated rings. The molecule has 1 aromatic rings. The number of anilines is 2. The second kappa shape index (κ2) is 5.42. The highest BCUT2D eigenvalue weighted by Crippen LogP contribution is 2.32. The zero-order valence-electron chi connectivity index (χ0n) is 11.3. The smallest absolute Gasteiger partial charge is 0.242 e. The SMILES string of the molecule is COc1ncnc(NC2CCC(C)C(C)C2)c1N. The minimum Gasteiger partial charge on any atom is -0.479 e. The summed E-state index contributed by atoms with van der Waals surface area (Å²) in [5.41, 5.74) is 6.45. The summed E-state index contributed by atoms with van der Waals surface area (Å²) in [7, 11) is 1.56.